The molecular weight excluding hydrogens is 354 g/mol. The molecular formula is C19H27NO5S. The molecule has 1 fully saturated rings. The highest BCUT2D eigenvalue weighted by Gasteiger charge is 2.30. The van der Waals surface area contributed by atoms with Gasteiger partial charge in [0.15, 0.2) is 9.84 Å². The predicted molar refractivity (Wildman–Crippen MR) is 98.8 cm³/mol. The molecule has 0 radical (unpaired) electrons. The number of Topliss-reactive ketones (excluding diaryl/α,β-unsaturated/α-hetero) is 1. The molecule has 6 nitrogen and oxygen atoms in total. The molecule has 26 heavy (non-hydrogen) atoms. The van der Waals surface area contributed by atoms with Crippen LogP contribution in [0.5, 0.6) is 0 Å². The summed E-state index contributed by atoms with van der Waals surface area (Å²) < 4.78 is 29.1. The lowest BCUT2D eigenvalue weighted by molar-refractivity contribution is -0.123. The van der Waals surface area contributed by atoms with Gasteiger partial charge in [0.1, 0.15) is 11.4 Å². The van der Waals surface area contributed by atoms with Crippen LogP contribution in [-0.4, -0.2) is 50.1 Å². The van der Waals surface area contributed by atoms with Crippen molar-refractivity contribution >= 4 is 21.7 Å². The van der Waals surface area contributed by atoms with Crippen molar-refractivity contribution in [2.45, 2.75) is 50.5 Å². The molecule has 0 saturated carbocycles. The van der Waals surface area contributed by atoms with Gasteiger partial charge in [-0.15, -0.1) is 0 Å². The van der Waals surface area contributed by atoms with E-state index in [9.17, 15) is 18.0 Å². The highest BCUT2D eigenvalue weighted by atomic mass is 32.2. The molecule has 1 heterocycles. The minimum absolute atomic E-state index is 0.0185. The summed E-state index contributed by atoms with van der Waals surface area (Å²) in [6.45, 7) is 6.40. The second-order valence-electron chi connectivity index (χ2n) is 7.76. The molecule has 0 N–H and O–H groups in total. The molecule has 7 heteroatoms. The number of ketones is 1. The van der Waals surface area contributed by atoms with Crippen LogP contribution in [0, 0.1) is 5.92 Å². The molecule has 0 spiro atoms. The quantitative estimate of drug-likeness (QED) is 0.801. The van der Waals surface area contributed by atoms with E-state index in [2.05, 4.69) is 0 Å². The van der Waals surface area contributed by atoms with Gasteiger partial charge in [0.05, 0.1) is 4.90 Å². The molecule has 1 amide bonds. The van der Waals surface area contributed by atoms with Gasteiger partial charge in [-0.25, -0.2) is 13.2 Å². The Balaban J connectivity index is 1.97. The monoisotopic (exact) mass is 381 g/mol. The van der Waals surface area contributed by atoms with E-state index in [4.69, 9.17) is 4.74 Å². The van der Waals surface area contributed by atoms with Gasteiger partial charge >= 0.3 is 6.09 Å². The number of nitrogens with zero attached hydrogens (tertiary/aromatic N) is 1. The zero-order chi connectivity index (χ0) is 19.5. The van der Waals surface area contributed by atoms with Crippen molar-refractivity contribution in [3.63, 3.8) is 0 Å². The largest absolute Gasteiger partial charge is 0.444 e. The molecule has 0 unspecified atom stereocenters. The van der Waals surface area contributed by atoms with Crippen molar-refractivity contribution < 1.29 is 22.7 Å². The number of benzene rings is 1. The van der Waals surface area contributed by atoms with Crippen LogP contribution >= 0.6 is 0 Å². The van der Waals surface area contributed by atoms with Crippen molar-refractivity contribution in [2.75, 3.05) is 19.3 Å². The van der Waals surface area contributed by atoms with Crippen LogP contribution in [-0.2, 0) is 25.8 Å². The Labute approximate surface area is 155 Å². The summed E-state index contributed by atoms with van der Waals surface area (Å²) >= 11 is 0. The van der Waals surface area contributed by atoms with Gasteiger partial charge in [-0.05, 0) is 45.2 Å². The summed E-state index contributed by atoms with van der Waals surface area (Å²) in [5.41, 5.74) is -0.00591. The van der Waals surface area contributed by atoms with E-state index >= 15 is 0 Å². The second kappa shape index (κ2) is 7.78. The van der Waals surface area contributed by atoms with E-state index in [0.717, 1.165) is 6.26 Å². The number of ether oxygens (including phenoxy) is 1. The van der Waals surface area contributed by atoms with Crippen molar-refractivity contribution in [1.82, 2.24) is 4.90 Å². The lowest BCUT2D eigenvalue weighted by Crippen LogP contribution is -2.43. The Hall–Kier alpha value is -1.89. The summed E-state index contributed by atoms with van der Waals surface area (Å²) in [6.07, 6.45) is 2.03. The molecule has 0 aliphatic carbocycles. The minimum atomic E-state index is -3.37. The van der Waals surface area contributed by atoms with Crippen LogP contribution in [0.4, 0.5) is 4.79 Å². The highest BCUT2D eigenvalue weighted by Crippen LogP contribution is 2.24. The van der Waals surface area contributed by atoms with E-state index < -0.39 is 15.4 Å². The molecule has 0 bridgehead atoms. The molecule has 2 rings (SSSR count). The molecule has 1 saturated heterocycles. The summed E-state index contributed by atoms with van der Waals surface area (Å²) in [7, 11) is -3.37. The zero-order valence-corrected chi connectivity index (χ0v) is 16.6. The number of rotatable bonds is 4. The number of carbonyl (C=O) groups is 2. The minimum Gasteiger partial charge on any atom is -0.444 e. The molecule has 1 aliphatic rings. The predicted octanol–water partition coefficient (Wildman–Crippen LogP) is 2.85. The van der Waals surface area contributed by atoms with Crippen molar-refractivity contribution in [1.29, 1.82) is 0 Å². The van der Waals surface area contributed by atoms with E-state index in [-0.39, 0.29) is 29.1 Å². The Morgan fingerprint density at radius 2 is 1.73 bits per heavy atom. The molecule has 1 aliphatic heterocycles. The van der Waals surface area contributed by atoms with Crippen molar-refractivity contribution in [2.24, 2.45) is 5.92 Å². The van der Waals surface area contributed by atoms with E-state index in [0.29, 0.717) is 31.5 Å². The average molecular weight is 381 g/mol. The summed E-state index contributed by atoms with van der Waals surface area (Å²) in [5, 5.41) is 0. The number of amides is 1. The third-order valence-corrected chi connectivity index (χ3v) is 5.54. The van der Waals surface area contributed by atoms with E-state index in [1.165, 1.54) is 6.07 Å². The van der Waals surface area contributed by atoms with E-state index in [1.807, 2.05) is 20.8 Å². The van der Waals surface area contributed by atoms with Crippen molar-refractivity contribution in [3.05, 3.63) is 29.8 Å². The molecule has 144 valence electrons. The first-order chi connectivity index (χ1) is 12.0. The maximum absolute atomic E-state index is 12.6. The summed E-state index contributed by atoms with van der Waals surface area (Å²) in [5.74, 6) is -0.147. The van der Waals surface area contributed by atoms with Crippen LogP contribution in [0.1, 0.15) is 39.2 Å². The van der Waals surface area contributed by atoms with Gasteiger partial charge in [-0.2, -0.15) is 0 Å². The van der Waals surface area contributed by atoms with Crippen LogP contribution < -0.4 is 0 Å². The molecule has 0 aromatic heterocycles. The third-order valence-electron chi connectivity index (χ3n) is 4.34. The maximum atomic E-state index is 12.6. The van der Waals surface area contributed by atoms with Crippen LogP contribution in [0.25, 0.3) is 0 Å². The number of hydrogen-bond acceptors (Lipinski definition) is 5. The second-order valence-corrected chi connectivity index (χ2v) is 9.75. The summed E-state index contributed by atoms with van der Waals surface area (Å²) in [4.78, 5) is 26.5. The number of piperidine rings is 1. The number of carbonyl (C=O) groups excluding carboxylic acids is 2. The van der Waals surface area contributed by atoms with Crippen LogP contribution in [0.3, 0.4) is 0 Å². The molecule has 1 aromatic carbocycles. The van der Waals surface area contributed by atoms with Gasteiger partial charge in [-0.3, -0.25) is 4.79 Å². The molecule has 0 atom stereocenters. The first-order valence-corrected chi connectivity index (χ1v) is 10.6. The fraction of sp³-hybridized carbons (Fsp3) is 0.579. The van der Waals surface area contributed by atoms with E-state index in [1.54, 1.807) is 23.1 Å². The Morgan fingerprint density at radius 1 is 1.15 bits per heavy atom. The van der Waals surface area contributed by atoms with Gasteiger partial charge in [0.25, 0.3) is 0 Å². The van der Waals surface area contributed by atoms with Gasteiger partial charge in [0, 0.05) is 31.7 Å². The fourth-order valence-corrected chi connectivity index (χ4v) is 4.00. The smallest absolute Gasteiger partial charge is 0.410 e. The Bertz CT molecular complexity index is 771. The topological polar surface area (TPSA) is 80.8 Å². The van der Waals surface area contributed by atoms with Crippen molar-refractivity contribution in [3.8, 4) is 0 Å². The zero-order valence-electron chi connectivity index (χ0n) is 15.8. The number of sulfone groups is 1. The SMILES string of the molecule is CC(C)(C)OC(=O)N1CCC(C(=O)Cc2ccccc2S(C)(=O)=O)CC1. The third kappa shape index (κ3) is 5.56. The standard InChI is InChI=1S/C19H27NO5S/c1-19(2,3)25-18(22)20-11-9-14(10-12-20)16(21)13-15-7-5-6-8-17(15)26(4,23)24/h5-8,14H,9-13H2,1-4H3. The fourth-order valence-electron chi connectivity index (χ4n) is 3.05. The lowest BCUT2D eigenvalue weighted by atomic mass is 9.89. The number of hydrogen-bond donors (Lipinski definition) is 0. The van der Waals surface area contributed by atoms with Crippen LogP contribution in [0.15, 0.2) is 29.2 Å². The number of likely N-dealkylation sites (tertiary alicyclic amines) is 1. The van der Waals surface area contributed by atoms with Crippen LogP contribution in [0.2, 0.25) is 0 Å². The van der Waals surface area contributed by atoms with Gasteiger partial charge in [0.2, 0.25) is 0 Å². The maximum Gasteiger partial charge on any atom is 0.410 e. The Morgan fingerprint density at radius 3 is 2.27 bits per heavy atom. The average Bonchev–Trinajstić information content (AvgIpc) is 2.53. The summed E-state index contributed by atoms with van der Waals surface area (Å²) in [6, 6.07) is 6.61. The van der Waals surface area contributed by atoms with Gasteiger partial charge < -0.3 is 9.64 Å². The highest BCUT2D eigenvalue weighted by molar-refractivity contribution is 7.90. The Kier molecular flexibility index (Phi) is 6.11. The lowest BCUT2D eigenvalue weighted by Gasteiger charge is -2.33. The first kappa shape index (κ1) is 20.4. The first-order valence-electron chi connectivity index (χ1n) is 8.76. The van der Waals surface area contributed by atoms with Gasteiger partial charge in [-0.1, -0.05) is 18.2 Å². The molecule has 1 aromatic rings. The normalized spacial score (nSPS) is 16.4.